The molecule has 0 radical (unpaired) electrons. The van der Waals surface area contributed by atoms with Crippen LogP contribution in [0.1, 0.15) is 54.9 Å². The Morgan fingerprint density at radius 2 is 1.97 bits per heavy atom. The van der Waals surface area contributed by atoms with Crippen LogP contribution < -0.4 is 0 Å². The average Bonchev–Trinajstić information content (AvgIpc) is 2.78. The van der Waals surface area contributed by atoms with Crippen LogP contribution in [-0.2, 0) is 16.9 Å². The molecule has 0 bridgehead atoms. The number of aryl methyl sites for hydroxylation is 1. The van der Waals surface area contributed by atoms with Crippen LogP contribution in [0.3, 0.4) is 0 Å². The Morgan fingerprint density at radius 3 is 2.50 bits per heavy atom. The molecule has 2 N–H and O–H groups in total. The number of hydrogen-bond acceptors (Lipinski definition) is 6. The number of aliphatic hydroxyl groups is 2. The van der Waals surface area contributed by atoms with Crippen LogP contribution in [0.25, 0.3) is 0 Å². The third kappa shape index (κ3) is 5.09. The number of carbonyl (C=O) groups excluding carboxylic acids is 1. The number of nitrogens with zero attached hydrogens (tertiary/aromatic N) is 4. The van der Waals surface area contributed by atoms with Gasteiger partial charge >= 0.3 is 0 Å². The van der Waals surface area contributed by atoms with E-state index in [9.17, 15) is 15.0 Å². The molecular formula is C23H30ClFN4O3. The maximum absolute atomic E-state index is 15.3. The summed E-state index contributed by atoms with van der Waals surface area (Å²) >= 11 is 5.78. The molecule has 3 rings (SSSR count). The van der Waals surface area contributed by atoms with E-state index in [0.29, 0.717) is 29.0 Å². The second-order valence-corrected chi connectivity index (χ2v) is 8.95. The number of amides is 1. The summed E-state index contributed by atoms with van der Waals surface area (Å²) in [5.41, 5.74) is -0.218. The summed E-state index contributed by atoms with van der Waals surface area (Å²) in [5.74, 6) is -0.388. The largest absolute Gasteiger partial charge is 0.385 e. The van der Waals surface area contributed by atoms with Gasteiger partial charge in [0, 0.05) is 18.0 Å². The highest BCUT2D eigenvalue weighted by Gasteiger charge is 2.39. The van der Waals surface area contributed by atoms with Crippen molar-refractivity contribution in [2.24, 2.45) is 5.92 Å². The van der Waals surface area contributed by atoms with Crippen LogP contribution in [0, 0.1) is 18.7 Å². The molecule has 2 aromatic rings. The number of aromatic nitrogens is 2. The SMILES string of the molecule is CCC(O)(c1cc(C)c(C(O)N(C=O)Cc2ncc(Cl)cn2)c(F)c1)C1CCN(C)CC1. The minimum atomic E-state index is -1.53. The van der Waals surface area contributed by atoms with Gasteiger partial charge in [-0.2, -0.15) is 0 Å². The minimum Gasteiger partial charge on any atom is -0.385 e. The van der Waals surface area contributed by atoms with Crippen molar-refractivity contribution in [1.29, 1.82) is 0 Å². The highest BCUT2D eigenvalue weighted by Crippen LogP contribution is 2.40. The van der Waals surface area contributed by atoms with Gasteiger partial charge in [-0.05, 0) is 69.4 Å². The molecule has 1 aliphatic heterocycles. The van der Waals surface area contributed by atoms with Crippen molar-refractivity contribution >= 4 is 18.0 Å². The Bertz CT molecular complexity index is 914. The molecular weight excluding hydrogens is 435 g/mol. The molecule has 1 aromatic heterocycles. The maximum Gasteiger partial charge on any atom is 0.212 e. The van der Waals surface area contributed by atoms with E-state index in [4.69, 9.17) is 11.6 Å². The number of halogens is 2. The molecule has 7 nitrogen and oxygen atoms in total. The Labute approximate surface area is 192 Å². The van der Waals surface area contributed by atoms with E-state index in [1.54, 1.807) is 13.0 Å². The molecule has 32 heavy (non-hydrogen) atoms. The fourth-order valence-electron chi connectivity index (χ4n) is 4.48. The van der Waals surface area contributed by atoms with Gasteiger partial charge in [-0.25, -0.2) is 14.4 Å². The topological polar surface area (TPSA) is 89.8 Å². The number of rotatable bonds is 8. The zero-order valence-electron chi connectivity index (χ0n) is 18.6. The first-order valence-electron chi connectivity index (χ1n) is 10.8. The van der Waals surface area contributed by atoms with Crippen LogP contribution in [0.5, 0.6) is 0 Å². The predicted octanol–water partition coefficient (Wildman–Crippen LogP) is 3.17. The van der Waals surface area contributed by atoms with E-state index in [0.717, 1.165) is 30.8 Å². The summed E-state index contributed by atoms with van der Waals surface area (Å²) in [6.45, 7) is 5.21. The van der Waals surface area contributed by atoms with Crippen molar-refractivity contribution in [3.8, 4) is 0 Å². The van der Waals surface area contributed by atoms with Gasteiger partial charge in [0.1, 0.15) is 11.6 Å². The number of carbonyl (C=O) groups is 1. The minimum absolute atomic E-state index is 0.0170. The summed E-state index contributed by atoms with van der Waals surface area (Å²) in [4.78, 5) is 22.9. The molecule has 0 spiro atoms. The number of piperidine rings is 1. The summed E-state index contributed by atoms with van der Waals surface area (Å²) in [7, 11) is 2.05. The first-order valence-corrected chi connectivity index (χ1v) is 11.1. The lowest BCUT2D eigenvalue weighted by Crippen LogP contribution is -2.42. The molecule has 1 aromatic carbocycles. The van der Waals surface area contributed by atoms with Crippen LogP contribution >= 0.6 is 11.6 Å². The zero-order chi connectivity index (χ0) is 23.5. The van der Waals surface area contributed by atoms with Gasteiger partial charge in [-0.3, -0.25) is 4.79 Å². The monoisotopic (exact) mass is 464 g/mol. The van der Waals surface area contributed by atoms with Crippen molar-refractivity contribution < 1.29 is 19.4 Å². The lowest BCUT2D eigenvalue weighted by Gasteiger charge is -2.41. The summed E-state index contributed by atoms with van der Waals surface area (Å²) < 4.78 is 15.3. The molecule has 174 valence electrons. The summed E-state index contributed by atoms with van der Waals surface area (Å²) in [5, 5.41) is 22.6. The zero-order valence-corrected chi connectivity index (χ0v) is 19.4. The van der Waals surface area contributed by atoms with Gasteiger partial charge in [0.05, 0.1) is 17.2 Å². The van der Waals surface area contributed by atoms with Gasteiger partial charge < -0.3 is 20.0 Å². The van der Waals surface area contributed by atoms with E-state index in [2.05, 4.69) is 21.9 Å². The van der Waals surface area contributed by atoms with E-state index < -0.39 is 17.6 Å². The fraction of sp³-hybridized carbons (Fsp3) is 0.522. The van der Waals surface area contributed by atoms with E-state index >= 15 is 4.39 Å². The molecule has 0 saturated carbocycles. The van der Waals surface area contributed by atoms with Crippen molar-refractivity contribution in [1.82, 2.24) is 19.8 Å². The van der Waals surface area contributed by atoms with Crippen molar-refractivity contribution in [2.45, 2.75) is 51.5 Å². The number of aliphatic hydroxyl groups excluding tert-OH is 1. The standard InChI is InChI=1S/C23H30ClFN4O3/c1-4-23(32,16-5-7-28(3)8-6-16)17-9-15(2)21(19(25)10-17)22(31)29(14-30)13-20-26-11-18(24)12-27-20/h9-12,14,16,22,31-32H,4-8,13H2,1-3H3. The maximum atomic E-state index is 15.3. The quantitative estimate of drug-likeness (QED) is 0.460. The van der Waals surface area contributed by atoms with Gasteiger partial charge in [0.15, 0.2) is 6.23 Å². The highest BCUT2D eigenvalue weighted by molar-refractivity contribution is 6.30. The van der Waals surface area contributed by atoms with Crippen LogP contribution in [0.15, 0.2) is 24.5 Å². The third-order valence-electron chi connectivity index (χ3n) is 6.47. The van der Waals surface area contributed by atoms with Crippen molar-refractivity contribution in [3.63, 3.8) is 0 Å². The van der Waals surface area contributed by atoms with Gasteiger partial charge in [-0.1, -0.05) is 24.6 Å². The number of likely N-dealkylation sites (tertiary alicyclic amines) is 1. The molecule has 2 heterocycles. The molecule has 1 fully saturated rings. The second kappa shape index (κ2) is 10.2. The Balaban J connectivity index is 1.88. The first kappa shape index (κ1) is 24.5. The van der Waals surface area contributed by atoms with Crippen molar-refractivity contribution in [2.75, 3.05) is 20.1 Å². The summed E-state index contributed by atoms with van der Waals surface area (Å²) in [6.07, 6.45) is 3.77. The molecule has 9 heteroatoms. The Hall–Kier alpha value is -2.13. The van der Waals surface area contributed by atoms with E-state index in [1.165, 1.54) is 18.5 Å². The van der Waals surface area contributed by atoms with Crippen LogP contribution in [0.2, 0.25) is 5.02 Å². The van der Waals surface area contributed by atoms with Gasteiger partial charge in [-0.15, -0.1) is 0 Å². The number of benzene rings is 1. The second-order valence-electron chi connectivity index (χ2n) is 8.51. The third-order valence-corrected chi connectivity index (χ3v) is 6.67. The first-order chi connectivity index (χ1) is 15.2. The van der Waals surface area contributed by atoms with Crippen molar-refractivity contribution in [3.05, 3.63) is 57.9 Å². The van der Waals surface area contributed by atoms with E-state index in [1.807, 2.05) is 6.92 Å². The van der Waals surface area contributed by atoms with Gasteiger partial charge in [0.2, 0.25) is 6.41 Å². The molecule has 2 atom stereocenters. The van der Waals surface area contributed by atoms with Gasteiger partial charge in [0.25, 0.3) is 0 Å². The Morgan fingerprint density at radius 1 is 1.34 bits per heavy atom. The Kier molecular flexibility index (Phi) is 7.82. The highest BCUT2D eigenvalue weighted by atomic mass is 35.5. The molecule has 1 amide bonds. The van der Waals surface area contributed by atoms with Crippen LogP contribution in [0.4, 0.5) is 4.39 Å². The van der Waals surface area contributed by atoms with E-state index in [-0.39, 0.29) is 23.9 Å². The number of hydrogen-bond donors (Lipinski definition) is 2. The lowest BCUT2D eigenvalue weighted by molar-refractivity contribution is -0.129. The molecule has 1 saturated heterocycles. The molecule has 2 unspecified atom stereocenters. The smallest absolute Gasteiger partial charge is 0.212 e. The van der Waals surface area contributed by atoms with Crippen LogP contribution in [-0.4, -0.2) is 56.5 Å². The normalized spacial score (nSPS) is 18.2. The summed E-state index contributed by atoms with van der Waals surface area (Å²) in [6, 6.07) is 3.00. The predicted molar refractivity (Wildman–Crippen MR) is 119 cm³/mol. The lowest BCUT2D eigenvalue weighted by atomic mass is 9.74. The molecule has 1 aliphatic rings. The average molecular weight is 465 g/mol. The molecule has 0 aliphatic carbocycles. The fourth-order valence-corrected chi connectivity index (χ4v) is 4.58.